The maximum Gasteiger partial charge on any atom is 0.251 e. The van der Waals surface area contributed by atoms with Gasteiger partial charge in [0.15, 0.2) is 0 Å². The van der Waals surface area contributed by atoms with Crippen molar-refractivity contribution in [1.82, 2.24) is 9.62 Å². The molecule has 0 atom stereocenters. The first-order valence-corrected chi connectivity index (χ1v) is 8.90. The van der Waals surface area contributed by atoms with E-state index >= 15 is 0 Å². The Hall–Kier alpha value is -1.66. The molecule has 1 aromatic carbocycles. The smallest absolute Gasteiger partial charge is 0.251 e. The number of carbonyl (C=O) groups excluding carboxylic acids is 1. The fourth-order valence-electron chi connectivity index (χ4n) is 2.05. The lowest BCUT2D eigenvalue weighted by Crippen LogP contribution is -2.32. The first kappa shape index (κ1) is 18.4. The summed E-state index contributed by atoms with van der Waals surface area (Å²) in [5, 5.41) is 2.65. The number of benzene rings is 1. The lowest BCUT2D eigenvalue weighted by Gasteiger charge is -2.21. The quantitative estimate of drug-likeness (QED) is 0.709. The van der Waals surface area contributed by atoms with E-state index in [4.69, 9.17) is 0 Å². The van der Waals surface area contributed by atoms with Crippen LogP contribution in [0.25, 0.3) is 0 Å². The van der Waals surface area contributed by atoms with Crippen molar-refractivity contribution in [1.29, 1.82) is 0 Å². The third kappa shape index (κ3) is 4.68. The van der Waals surface area contributed by atoms with E-state index in [1.165, 1.54) is 28.6 Å². The maximum atomic E-state index is 12.6. The third-order valence-electron chi connectivity index (χ3n) is 3.11. The van der Waals surface area contributed by atoms with Crippen LogP contribution in [0.1, 0.15) is 37.0 Å². The van der Waals surface area contributed by atoms with Crippen LogP contribution in [-0.4, -0.2) is 38.3 Å². The van der Waals surface area contributed by atoms with Crippen molar-refractivity contribution in [2.75, 3.05) is 19.6 Å². The summed E-state index contributed by atoms with van der Waals surface area (Å²) in [6.45, 7) is 8.80. The second-order valence-corrected chi connectivity index (χ2v) is 6.87. The number of nitrogens with one attached hydrogen (secondary N) is 1. The van der Waals surface area contributed by atoms with Gasteiger partial charge in [0.25, 0.3) is 5.91 Å². The number of nitrogens with zero attached hydrogens (tertiary/aromatic N) is 1. The van der Waals surface area contributed by atoms with Crippen LogP contribution in [0.4, 0.5) is 0 Å². The highest BCUT2D eigenvalue weighted by Gasteiger charge is 2.23. The van der Waals surface area contributed by atoms with Crippen molar-refractivity contribution in [2.45, 2.75) is 31.6 Å². The molecule has 0 fully saturated rings. The second kappa shape index (κ2) is 8.70. The Labute approximate surface area is 133 Å². The summed E-state index contributed by atoms with van der Waals surface area (Å²) in [6.07, 6.45) is 3.12. The molecule has 0 heterocycles. The monoisotopic (exact) mass is 324 g/mol. The van der Waals surface area contributed by atoms with E-state index in [1.54, 1.807) is 6.08 Å². The van der Waals surface area contributed by atoms with Crippen LogP contribution in [0.3, 0.4) is 0 Å². The van der Waals surface area contributed by atoms with Gasteiger partial charge in [0.2, 0.25) is 10.0 Å². The molecule has 1 amide bonds. The van der Waals surface area contributed by atoms with Crippen LogP contribution >= 0.6 is 0 Å². The maximum absolute atomic E-state index is 12.6. The zero-order valence-corrected chi connectivity index (χ0v) is 14.0. The van der Waals surface area contributed by atoms with Gasteiger partial charge in [-0.25, -0.2) is 8.42 Å². The van der Waals surface area contributed by atoms with Gasteiger partial charge in [0, 0.05) is 25.2 Å². The van der Waals surface area contributed by atoms with Gasteiger partial charge >= 0.3 is 0 Å². The Morgan fingerprint density at radius 3 is 2.18 bits per heavy atom. The Bertz CT molecular complexity index is 588. The van der Waals surface area contributed by atoms with E-state index in [1.807, 2.05) is 13.8 Å². The van der Waals surface area contributed by atoms with Crippen LogP contribution in [0.2, 0.25) is 0 Å². The molecular weight excluding hydrogens is 300 g/mol. The van der Waals surface area contributed by atoms with Crippen molar-refractivity contribution < 1.29 is 13.2 Å². The summed E-state index contributed by atoms with van der Waals surface area (Å²) < 4.78 is 26.6. The molecule has 1 N–H and O–H groups in total. The van der Waals surface area contributed by atoms with Gasteiger partial charge in [-0.05, 0) is 37.1 Å². The van der Waals surface area contributed by atoms with Crippen molar-refractivity contribution in [2.24, 2.45) is 0 Å². The van der Waals surface area contributed by atoms with Crippen LogP contribution in [0, 0.1) is 0 Å². The predicted molar refractivity (Wildman–Crippen MR) is 88.3 cm³/mol. The van der Waals surface area contributed by atoms with Crippen molar-refractivity contribution in [3.05, 3.63) is 42.5 Å². The van der Waals surface area contributed by atoms with Crippen LogP contribution in [0.15, 0.2) is 41.8 Å². The average Bonchev–Trinajstić information content (AvgIpc) is 2.52. The number of hydrogen-bond donors (Lipinski definition) is 1. The second-order valence-electron chi connectivity index (χ2n) is 4.93. The standard InChI is InChI=1S/C16H24N2O3S/c1-4-11-17-16(19)14-7-9-15(10-8-14)22(20,21)18(12-5-2)13-6-3/h4,7-10H,1,5-6,11-13H2,2-3H3,(H,17,19). The fourth-order valence-corrected chi connectivity index (χ4v) is 3.67. The van der Waals surface area contributed by atoms with Crippen molar-refractivity contribution in [3.63, 3.8) is 0 Å². The molecule has 0 saturated heterocycles. The number of carbonyl (C=O) groups is 1. The normalized spacial score (nSPS) is 11.4. The van der Waals surface area contributed by atoms with Gasteiger partial charge < -0.3 is 5.32 Å². The van der Waals surface area contributed by atoms with E-state index in [0.29, 0.717) is 25.2 Å². The third-order valence-corrected chi connectivity index (χ3v) is 5.02. The van der Waals surface area contributed by atoms with Crippen molar-refractivity contribution >= 4 is 15.9 Å². The van der Waals surface area contributed by atoms with Gasteiger partial charge in [-0.1, -0.05) is 19.9 Å². The molecule has 0 unspecified atom stereocenters. The first-order valence-electron chi connectivity index (χ1n) is 7.46. The zero-order chi connectivity index (χ0) is 16.6. The molecule has 22 heavy (non-hydrogen) atoms. The first-order chi connectivity index (χ1) is 10.5. The van der Waals surface area contributed by atoms with E-state index in [0.717, 1.165) is 12.8 Å². The SMILES string of the molecule is C=CCNC(=O)c1ccc(S(=O)(=O)N(CCC)CCC)cc1. The molecule has 0 aliphatic carbocycles. The molecule has 5 nitrogen and oxygen atoms in total. The van der Waals surface area contributed by atoms with Gasteiger partial charge in [0.1, 0.15) is 0 Å². The molecule has 0 aliphatic heterocycles. The Balaban J connectivity index is 2.96. The van der Waals surface area contributed by atoms with Gasteiger partial charge in [-0.3, -0.25) is 4.79 Å². The Morgan fingerprint density at radius 2 is 1.73 bits per heavy atom. The van der Waals surface area contributed by atoms with E-state index in [-0.39, 0.29) is 10.8 Å². The highest BCUT2D eigenvalue weighted by Crippen LogP contribution is 2.17. The van der Waals surface area contributed by atoms with Gasteiger partial charge in [-0.15, -0.1) is 6.58 Å². The molecular formula is C16H24N2O3S. The number of hydrogen-bond acceptors (Lipinski definition) is 3. The molecule has 0 bridgehead atoms. The zero-order valence-electron chi connectivity index (χ0n) is 13.2. The minimum atomic E-state index is -3.50. The molecule has 0 aromatic heterocycles. The molecule has 0 spiro atoms. The van der Waals surface area contributed by atoms with Crippen LogP contribution < -0.4 is 5.32 Å². The molecule has 0 radical (unpaired) electrons. The van der Waals surface area contributed by atoms with E-state index < -0.39 is 10.0 Å². The predicted octanol–water partition coefficient (Wildman–Crippen LogP) is 2.41. The lowest BCUT2D eigenvalue weighted by molar-refractivity contribution is 0.0958. The lowest BCUT2D eigenvalue weighted by atomic mass is 10.2. The van der Waals surface area contributed by atoms with E-state index in [2.05, 4.69) is 11.9 Å². The van der Waals surface area contributed by atoms with Crippen LogP contribution in [-0.2, 0) is 10.0 Å². The summed E-state index contributed by atoms with van der Waals surface area (Å²) in [5.41, 5.74) is 0.429. The van der Waals surface area contributed by atoms with Crippen LogP contribution in [0.5, 0.6) is 0 Å². The number of rotatable bonds is 9. The fraction of sp³-hybridized carbons (Fsp3) is 0.438. The largest absolute Gasteiger partial charge is 0.349 e. The topological polar surface area (TPSA) is 66.5 Å². The summed E-state index contributed by atoms with van der Waals surface area (Å²) in [5.74, 6) is -0.247. The number of sulfonamides is 1. The minimum absolute atomic E-state index is 0.217. The van der Waals surface area contributed by atoms with Gasteiger partial charge in [0.05, 0.1) is 4.90 Å². The molecule has 6 heteroatoms. The highest BCUT2D eigenvalue weighted by atomic mass is 32.2. The Kier molecular flexibility index (Phi) is 7.27. The summed E-state index contributed by atoms with van der Waals surface area (Å²) in [7, 11) is -3.50. The van der Waals surface area contributed by atoms with Crippen molar-refractivity contribution in [3.8, 4) is 0 Å². The highest BCUT2D eigenvalue weighted by molar-refractivity contribution is 7.89. The summed E-state index contributed by atoms with van der Waals surface area (Å²) >= 11 is 0. The van der Waals surface area contributed by atoms with Gasteiger partial charge in [-0.2, -0.15) is 4.31 Å². The Morgan fingerprint density at radius 1 is 1.18 bits per heavy atom. The molecule has 0 aliphatic rings. The van der Waals surface area contributed by atoms with E-state index in [9.17, 15) is 13.2 Å². The molecule has 1 rings (SSSR count). The summed E-state index contributed by atoms with van der Waals surface area (Å²) in [6, 6.07) is 6.02. The molecule has 0 saturated carbocycles. The molecule has 1 aromatic rings. The minimum Gasteiger partial charge on any atom is -0.349 e. The average molecular weight is 324 g/mol. The number of amides is 1. The summed E-state index contributed by atoms with van der Waals surface area (Å²) in [4.78, 5) is 12.0. The molecule has 122 valence electrons.